The summed E-state index contributed by atoms with van der Waals surface area (Å²) in [6.45, 7) is 1.53. The number of aromatic nitrogens is 3. The Bertz CT molecular complexity index is 791. The molecule has 0 bridgehead atoms. The molecule has 6 nitrogen and oxygen atoms in total. The second-order valence-corrected chi connectivity index (χ2v) is 6.72. The summed E-state index contributed by atoms with van der Waals surface area (Å²) in [7, 11) is 0. The molecule has 2 aliphatic rings. The van der Waals surface area contributed by atoms with Crippen molar-refractivity contribution in [2.24, 2.45) is 0 Å². The first-order valence-electron chi connectivity index (χ1n) is 8.45. The lowest BCUT2D eigenvalue weighted by Gasteiger charge is -2.25. The van der Waals surface area contributed by atoms with Crippen LogP contribution in [0.5, 0.6) is 0 Å². The fraction of sp³-hybridized carbons (Fsp3) is 0.471. The molecular formula is C17H18F3N5O. The van der Waals surface area contributed by atoms with Gasteiger partial charge in [0.1, 0.15) is 11.5 Å². The first-order chi connectivity index (χ1) is 12.4. The first kappa shape index (κ1) is 17.0. The Morgan fingerprint density at radius 3 is 2.77 bits per heavy atom. The van der Waals surface area contributed by atoms with Crippen molar-refractivity contribution in [1.29, 1.82) is 0 Å². The number of halogens is 3. The average Bonchev–Trinajstić information content (AvgIpc) is 3.28. The normalized spacial score (nSPS) is 23.7. The van der Waals surface area contributed by atoms with Gasteiger partial charge in [0.25, 0.3) is 0 Å². The molecule has 4 heterocycles. The van der Waals surface area contributed by atoms with E-state index in [1.54, 1.807) is 12.4 Å². The van der Waals surface area contributed by atoms with E-state index < -0.39 is 11.9 Å². The molecule has 1 N–H and O–H groups in total. The standard InChI is InChI=1S/C17H18F3N5O/c18-17(19,20)14-8-22-15(23-14)10-24-5-3-12-13(24)6-16(26)25(12)9-11-2-1-4-21-7-11/h1-2,4,7-8,12-13H,3,5-6,9-10H2,(H,22,23)/t12-,13-/m0/s1. The van der Waals surface area contributed by atoms with E-state index in [0.717, 1.165) is 24.7 Å². The molecule has 0 saturated carbocycles. The number of pyridine rings is 1. The number of likely N-dealkylation sites (tertiary alicyclic amines) is 2. The Morgan fingerprint density at radius 1 is 1.23 bits per heavy atom. The van der Waals surface area contributed by atoms with Gasteiger partial charge in [-0.3, -0.25) is 14.7 Å². The predicted octanol–water partition coefficient (Wildman–Crippen LogP) is 2.20. The van der Waals surface area contributed by atoms with Crippen LogP contribution in [0.15, 0.2) is 30.7 Å². The number of hydrogen-bond acceptors (Lipinski definition) is 4. The molecule has 138 valence electrons. The quantitative estimate of drug-likeness (QED) is 0.902. The third-order valence-corrected chi connectivity index (χ3v) is 5.09. The lowest BCUT2D eigenvalue weighted by atomic mass is 10.1. The number of carbonyl (C=O) groups excluding carboxylic acids is 1. The molecule has 2 aromatic rings. The Morgan fingerprint density at radius 2 is 2.08 bits per heavy atom. The van der Waals surface area contributed by atoms with Gasteiger partial charge < -0.3 is 9.88 Å². The summed E-state index contributed by atoms with van der Waals surface area (Å²) in [6.07, 6.45) is 1.02. The van der Waals surface area contributed by atoms with Crippen LogP contribution in [0.25, 0.3) is 0 Å². The van der Waals surface area contributed by atoms with Crippen molar-refractivity contribution in [2.45, 2.75) is 44.2 Å². The van der Waals surface area contributed by atoms with Crippen molar-refractivity contribution in [2.75, 3.05) is 6.54 Å². The van der Waals surface area contributed by atoms with Crippen molar-refractivity contribution in [3.8, 4) is 0 Å². The highest BCUT2D eigenvalue weighted by atomic mass is 19.4. The minimum absolute atomic E-state index is 0.0126. The molecule has 2 atom stereocenters. The minimum Gasteiger partial charge on any atom is -0.337 e. The number of H-pyrrole nitrogens is 1. The molecule has 9 heteroatoms. The largest absolute Gasteiger partial charge is 0.432 e. The number of carbonyl (C=O) groups is 1. The molecule has 2 aliphatic heterocycles. The zero-order chi connectivity index (χ0) is 18.3. The van der Waals surface area contributed by atoms with Crippen LogP contribution in [0, 0.1) is 0 Å². The SMILES string of the molecule is O=C1C[C@H]2[C@H](CCN2Cc2ncc(C(F)(F)F)[nH]2)N1Cc1cccnc1. The van der Waals surface area contributed by atoms with Gasteiger partial charge in [-0.05, 0) is 18.1 Å². The second kappa shape index (κ2) is 6.39. The fourth-order valence-electron chi connectivity index (χ4n) is 3.88. The molecule has 2 fully saturated rings. The van der Waals surface area contributed by atoms with Gasteiger partial charge >= 0.3 is 6.18 Å². The monoisotopic (exact) mass is 365 g/mol. The van der Waals surface area contributed by atoms with Gasteiger partial charge in [0, 0.05) is 44.0 Å². The highest BCUT2D eigenvalue weighted by Crippen LogP contribution is 2.34. The Balaban J connectivity index is 1.44. The van der Waals surface area contributed by atoms with Gasteiger partial charge in [0.05, 0.1) is 12.7 Å². The molecule has 0 aromatic carbocycles. The smallest absolute Gasteiger partial charge is 0.337 e. The summed E-state index contributed by atoms with van der Waals surface area (Å²) in [5.74, 6) is 0.347. The van der Waals surface area contributed by atoms with Gasteiger partial charge in [0.2, 0.25) is 5.91 Å². The lowest BCUT2D eigenvalue weighted by molar-refractivity contribution is -0.141. The van der Waals surface area contributed by atoms with Gasteiger partial charge in [-0.15, -0.1) is 0 Å². The van der Waals surface area contributed by atoms with E-state index in [4.69, 9.17) is 0 Å². The van der Waals surface area contributed by atoms with E-state index in [-0.39, 0.29) is 30.4 Å². The van der Waals surface area contributed by atoms with Crippen molar-refractivity contribution in [3.63, 3.8) is 0 Å². The molecule has 2 saturated heterocycles. The van der Waals surface area contributed by atoms with Crippen molar-refractivity contribution < 1.29 is 18.0 Å². The molecule has 0 radical (unpaired) electrons. The van der Waals surface area contributed by atoms with Gasteiger partial charge in [-0.25, -0.2) is 4.98 Å². The van der Waals surface area contributed by atoms with E-state index in [0.29, 0.717) is 13.0 Å². The maximum absolute atomic E-state index is 12.7. The van der Waals surface area contributed by atoms with Crippen LogP contribution in [0.2, 0.25) is 0 Å². The summed E-state index contributed by atoms with van der Waals surface area (Å²) in [4.78, 5) is 26.6. The van der Waals surface area contributed by atoms with Crippen LogP contribution in [-0.4, -0.2) is 49.3 Å². The maximum Gasteiger partial charge on any atom is 0.432 e. The third-order valence-electron chi connectivity index (χ3n) is 5.09. The zero-order valence-corrected chi connectivity index (χ0v) is 13.9. The lowest BCUT2D eigenvalue weighted by Crippen LogP contribution is -2.36. The minimum atomic E-state index is -4.43. The molecular weight excluding hydrogens is 347 g/mol. The highest BCUT2D eigenvalue weighted by Gasteiger charge is 2.46. The van der Waals surface area contributed by atoms with Crippen LogP contribution < -0.4 is 0 Å². The topological polar surface area (TPSA) is 65.1 Å². The second-order valence-electron chi connectivity index (χ2n) is 6.72. The van der Waals surface area contributed by atoms with Crippen LogP contribution in [-0.2, 0) is 24.1 Å². The molecule has 0 spiro atoms. The van der Waals surface area contributed by atoms with Crippen LogP contribution in [0.3, 0.4) is 0 Å². The van der Waals surface area contributed by atoms with Crippen LogP contribution >= 0.6 is 0 Å². The molecule has 26 heavy (non-hydrogen) atoms. The number of imidazole rings is 1. The number of amides is 1. The Labute approximate surface area is 148 Å². The van der Waals surface area contributed by atoms with Gasteiger partial charge in [-0.2, -0.15) is 13.2 Å². The zero-order valence-electron chi connectivity index (χ0n) is 13.9. The summed E-state index contributed by atoms with van der Waals surface area (Å²) in [5.41, 5.74) is 0.129. The van der Waals surface area contributed by atoms with Crippen LogP contribution in [0.1, 0.15) is 29.9 Å². The van der Waals surface area contributed by atoms with E-state index in [2.05, 4.69) is 15.0 Å². The number of aromatic amines is 1. The summed E-state index contributed by atoms with van der Waals surface area (Å²) in [5, 5.41) is 0. The molecule has 4 rings (SSSR count). The number of nitrogens with zero attached hydrogens (tertiary/aromatic N) is 4. The molecule has 1 amide bonds. The van der Waals surface area contributed by atoms with E-state index in [1.807, 2.05) is 21.9 Å². The van der Waals surface area contributed by atoms with Crippen LogP contribution in [0.4, 0.5) is 13.2 Å². The van der Waals surface area contributed by atoms with Gasteiger partial charge in [0.15, 0.2) is 0 Å². The molecule has 0 aliphatic carbocycles. The predicted molar refractivity (Wildman–Crippen MR) is 85.6 cm³/mol. The van der Waals surface area contributed by atoms with Crippen molar-refractivity contribution in [3.05, 3.63) is 47.8 Å². The van der Waals surface area contributed by atoms with E-state index >= 15 is 0 Å². The number of nitrogens with one attached hydrogen (secondary N) is 1. The summed E-state index contributed by atoms with van der Waals surface area (Å²) in [6, 6.07) is 3.86. The van der Waals surface area contributed by atoms with E-state index in [1.165, 1.54) is 0 Å². The Hall–Kier alpha value is -2.42. The average molecular weight is 365 g/mol. The summed E-state index contributed by atoms with van der Waals surface area (Å²) < 4.78 is 38.1. The molecule has 0 unspecified atom stereocenters. The first-order valence-corrected chi connectivity index (χ1v) is 8.45. The highest BCUT2D eigenvalue weighted by molar-refractivity contribution is 5.80. The number of hydrogen-bond donors (Lipinski definition) is 1. The Kier molecular flexibility index (Phi) is 4.18. The number of alkyl halides is 3. The van der Waals surface area contributed by atoms with E-state index in [9.17, 15) is 18.0 Å². The third kappa shape index (κ3) is 3.18. The maximum atomic E-state index is 12.7. The fourth-order valence-corrected chi connectivity index (χ4v) is 3.88. The number of fused-ring (bicyclic) bond motifs is 1. The van der Waals surface area contributed by atoms with Crippen molar-refractivity contribution in [1.82, 2.24) is 24.8 Å². The molecule has 2 aromatic heterocycles. The number of rotatable bonds is 4. The van der Waals surface area contributed by atoms with Crippen molar-refractivity contribution >= 4 is 5.91 Å². The van der Waals surface area contributed by atoms with Gasteiger partial charge in [-0.1, -0.05) is 6.07 Å². The summed E-state index contributed by atoms with van der Waals surface area (Å²) >= 11 is 0.